The topological polar surface area (TPSA) is 72.8 Å². The van der Waals surface area contributed by atoms with E-state index in [0.717, 1.165) is 0 Å². The first-order valence-corrected chi connectivity index (χ1v) is 5.06. The molecule has 1 rings (SSSR count). The molecule has 0 amide bonds. The van der Waals surface area contributed by atoms with Gasteiger partial charge in [0.15, 0.2) is 0 Å². The van der Waals surface area contributed by atoms with Gasteiger partial charge in [0.2, 0.25) is 0 Å². The maximum Gasteiger partial charge on any atom is 0.335 e. The summed E-state index contributed by atoms with van der Waals surface area (Å²) in [5.74, 6) is -0.328. The van der Waals surface area contributed by atoms with E-state index in [1.807, 2.05) is 0 Å². The van der Waals surface area contributed by atoms with E-state index in [9.17, 15) is 9.59 Å². The van der Waals surface area contributed by atoms with Crippen molar-refractivity contribution in [2.75, 3.05) is 0 Å². The monoisotopic (exact) mass is 248 g/mol. The first-order chi connectivity index (χ1) is 8.60. The number of carbonyl (C=O) groups is 2. The van der Waals surface area contributed by atoms with E-state index >= 15 is 0 Å². The maximum absolute atomic E-state index is 10.9. The van der Waals surface area contributed by atoms with Crippen LogP contribution in [0.2, 0.25) is 0 Å². The summed E-state index contributed by atoms with van der Waals surface area (Å²) in [5, 5.41) is 8.92. The van der Waals surface area contributed by atoms with E-state index < -0.39 is 5.97 Å². The Balaban J connectivity index is 3.13. The van der Waals surface area contributed by atoms with Crippen molar-refractivity contribution in [1.82, 2.24) is 0 Å². The smallest absolute Gasteiger partial charge is 0.335 e. The Morgan fingerprint density at radius 1 is 1.33 bits per heavy atom. The third-order valence-corrected chi connectivity index (χ3v) is 2.03. The molecule has 1 N–H and O–H groups in total. The van der Waals surface area contributed by atoms with Crippen molar-refractivity contribution in [3.05, 3.63) is 48.3 Å². The molecule has 1 aromatic rings. The van der Waals surface area contributed by atoms with Crippen LogP contribution in [0, 0.1) is 0 Å². The van der Waals surface area contributed by atoms with Crippen LogP contribution >= 0.6 is 0 Å². The molecule has 18 heavy (non-hydrogen) atoms. The summed E-state index contributed by atoms with van der Waals surface area (Å²) in [7, 11) is 0. The minimum Gasteiger partial charge on any atom is -0.478 e. The molecule has 0 unspecified atom stereocenters. The van der Waals surface area contributed by atoms with Crippen molar-refractivity contribution in [1.29, 1.82) is 0 Å². The third kappa shape index (κ3) is 3.48. The Labute approximate surface area is 104 Å². The van der Waals surface area contributed by atoms with Gasteiger partial charge in [-0.15, -0.1) is 0 Å². The molecule has 0 saturated carbocycles. The summed E-state index contributed by atoms with van der Waals surface area (Å²) >= 11 is 0. The highest BCUT2D eigenvalue weighted by atomic mass is 16.5. The zero-order chi connectivity index (χ0) is 13.5. The molecule has 5 heteroatoms. The number of carbonyl (C=O) groups excluding carboxylic acids is 1. The molecule has 0 aliphatic rings. The Hall–Kier alpha value is -2.56. The summed E-state index contributed by atoms with van der Waals surface area (Å²) in [4.78, 5) is 21.2. The first kappa shape index (κ1) is 13.5. The highest BCUT2D eigenvalue weighted by Crippen LogP contribution is 2.24. The lowest BCUT2D eigenvalue weighted by Gasteiger charge is -2.08. The van der Waals surface area contributed by atoms with Gasteiger partial charge in [-0.05, 0) is 31.2 Å². The van der Waals surface area contributed by atoms with Crippen molar-refractivity contribution in [2.24, 2.45) is 0 Å². The molecule has 0 aliphatic carbocycles. The van der Waals surface area contributed by atoms with Crippen LogP contribution in [0.15, 0.2) is 42.7 Å². The van der Waals surface area contributed by atoms with Crippen molar-refractivity contribution in [3.63, 3.8) is 0 Å². The van der Waals surface area contributed by atoms with Gasteiger partial charge in [0.25, 0.3) is 6.47 Å². The van der Waals surface area contributed by atoms with E-state index in [2.05, 4.69) is 11.3 Å². The molecule has 94 valence electrons. The van der Waals surface area contributed by atoms with E-state index in [-0.39, 0.29) is 23.5 Å². The van der Waals surface area contributed by atoms with Crippen molar-refractivity contribution >= 4 is 12.4 Å². The van der Waals surface area contributed by atoms with Crippen LogP contribution < -0.4 is 9.47 Å². The second-order valence-corrected chi connectivity index (χ2v) is 3.21. The molecular formula is C13H12O5. The normalized spacial score (nSPS) is 10.6. The Morgan fingerprint density at radius 2 is 2.00 bits per heavy atom. The lowest BCUT2D eigenvalue weighted by Crippen LogP contribution is -2.00. The van der Waals surface area contributed by atoms with Crippen LogP contribution in [0.25, 0.3) is 0 Å². The number of ether oxygens (including phenoxy) is 2. The largest absolute Gasteiger partial charge is 0.478 e. The molecule has 0 radical (unpaired) electrons. The minimum absolute atomic E-state index is 0.0381. The van der Waals surface area contributed by atoms with Gasteiger partial charge in [-0.3, -0.25) is 4.79 Å². The van der Waals surface area contributed by atoms with Crippen LogP contribution in [0.4, 0.5) is 0 Å². The summed E-state index contributed by atoms with van der Waals surface area (Å²) in [6.07, 6.45) is 3.15. The van der Waals surface area contributed by atoms with Gasteiger partial charge >= 0.3 is 5.97 Å². The molecule has 0 fully saturated rings. The van der Waals surface area contributed by atoms with Gasteiger partial charge in [0.05, 0.1) is 5.56 Å². The van der Waals surface area contributed by atoms with Crippen LogP contribution in [-0.2, 0) is 4.79 Å². The maximum atomic E-state index is 10.9. The predicted molar refractivity (Wildman–Crippen MR) is 64.7 cm³/mol. The molecular weight excluding hydrogens is 236 g/mol. The average molecular weight is 248 g/mol. The van der Waals surface area contributed by atoms with Gasteiger partial charge < -0.3 is 14.6 Å². The molecule has 1 aromatic carbocycles. The second kappa shape index (κ2) is 6.24. The number of aromatic carboxylic acids is 1. The highest BCUT2D eigenvalue weighted by Gasteiger charge is 2.09. The van der Waals surface area contributed by atoms with Crippen LogP contribution in [0.3, 0.4) is 0 Å². The average Bonchev–Trinajstić information content (AvgIpc) is 2.36. The van der Waals surface area contributed by atoms with Crippen molar-refractivity contribution < 1.29 is 24.2 Å². The molecule has 0 aromatic heterocycles. The third-order valence-electron chi connectivity index (χ3n) is 2.03. The molecule has 0 heterocycles. The van der Waals surface area contributed by atoms with E-state index in [1.54, 1.807) is 13.0 Å². The number of benzene rings is 1. The molecule has 5 nitrogen and oxygen atoms in total. The fourth-order valence-electron chi connectivity index (χ4n) is 1.23. The lowest BCUT2D eigenvalue weighted by molar-refractivity contribution is -0.120. The highest BCUT2D eigenvalue weighted by molar-refractivity contribution is 5.88. The quantitative estimate of drug-likeness (QED) is 0.475. The Kier molecular flexibility index (Phi) is 4.68. The van der Waals surface area contributed by atoms with E-state index in [1.165, 1.54) is 24.3 Å². The SMILES string of the molecule is C=CC(=CC)Oc1cc(OC=O)cc(C(=O)O)c1. The number of hydrogen-bond acceptors (Lipinski definition) is 4. The lowest BCUT2D eigenvalue weighted by atomic mass is 10.2. The molecule has 0 bridgehead atoms. The second-order valence-electron chi connectivity index (χ2n) is 3.21. The van der Waals surface area contributed by atoms with E-state index in [0.29, 0.717) is 5.76 Å². The van der Waals surface area contributed by atoms with Gasteiger partial charge in [-0.25, -0.2) is 4.79 Å². The standard InChI is InChI=1S/C13H12O5/c1-3-10(4-2)18-12-6-9(13(15)16)5-11(7-12)17-8-14/h3-8H,1H2,2H3,(H,15,16). The zero-order valence-corrected chi connectivity index (χ0v) is 9.75. The van der Waals surface area contributed by atoms with Crippen molar-refractivity contribution in [2.45, 2.75) is 6.92 Å². The summed E-state index contributed by atoms with van der Waals surface area (Å²) in [6.45, 7) is 5.52. The molecule has 0 atom stereocenters. The van der Waals surface area contributed by atoms with Crippen LogP contribution in [0.1, 0.15) is 17.3 Å². The number of carboxylic acids is 1. The fourth-order valence-corrected chi connectivity index (χ4v) is 1.23. The van der Waals surface area contributed by atoms with Crippen molar-refractivity contribution in [3.8, 4) is 11.5 Å². The Morgan fingerprint density at radius 3 is 2.50 bits per heavy atom. The van der Waals surface area contributed by atoms with Gasteiger partial charge in [-0.2, -0.15) is 0 Å². The van der Waals surface area contributed by atoms with E-state index in [4.69, 9.17) is 9.84 Å². The zero-order valence-electron chi connectivity index (χ0n) is 9.75. The van der Waals surface area contributed by atoms with Crippen LogP contribution in [0.5, 0.6) is 11.5 Å². The fraction of sp³-hybridized carbons (Fsp3) is 0.0769. The number of hydrogen-bond donors (Lipinski definition) is 1. The predicted octanol–water partition coefficient (Wildman–Crippen LogP) is 2.39. The molecule has 0 saturated heterocycles. The van der Waals surface area contributed by atoms with Gasteiger partial charge in [0, 0.05) is 6.07 Å². The first-order valence-electron chi connectivity index (χ1n) is 5.06. The summed E-state index contributed by atoms with van der Waals surface area (Å²) in [5.41, 5.74) is -0.0381. The van der Waals surface area contributed by atoms with Gasteiger partial charge in [-0.1, -0.05) is 6.58 Å². The number of allylic oxidation sites excluding steroid dienone is 2. The summed E-state index contributed by atoms with van der Waals surface area (Å²) in [6, 6.07) is 3.97. The minimum atomic E-state index is -1.14. The molecule has 0 aliphatic heterocycles. The molecule has 0 spiro atoms. The van der Waals surface area contributed by atoms with Gasteiger partial charge in [0.1, 0.15) is 17.3 Å². The Bertz CT molecular complexity index is 502. The van der Waals surface area contributed by atoms with Crippen LogP contribution in [-0.4, -0.2) is 17.5 Å². The number of carboxylic acid groups (broad SMARTS) is 1. The number of rotatable bonds is 6. The summed E-state index contributed by atoms with van der Waals surface area (Å²) < 4.78 is 9.99.